The molecule has 0 saturated heterocycles. The molecule has 0 aliphatic carbocycles. The molecule has 3 rings (SSSR count). The molecule has 7 nitrogen and oxygen atoms in total. The Labute approximate surface area is 158 Å². The maximum atomic E-state index is 12.3. The van der Waals surface area contributed by atoms with E-state index in [-0.39, 0.29) is 18.5 Å². The van der Waals surface area contributed by atoms with Crippen LogP contribution in [0, 0.1) is 6.92 Å². The van der Waals surface area contributed by atoms with Crippen LogP contribution in [0.2, 0.25) is 0 Å². The third-order valence-corrected chi connectivity index (χ3v) is 4.18. The Morgan fingerprint density at radius 2 is 1.89 bits per heavy atom. The first-order chi connectivity index (χ1) is 13.0. The van der Waals surface area contributed by atoms with Gasteiger partial charge in [-0.1, -0.05) is 35.0 Å². The summed E-state index contributed by atoms with van der Waals surface area (Å²) in [6, 6.07) is 11.7. The van der Waals surface area contributed by atoms with Gasteiger partial charge in [-0.15, -0.1) is 0 Å². The number of pyridine rings is 1. The summed E-state index contributed by atoms with van der Waals surface area (Å²) < 4.78 is 5.28. The van der Waals surface area contributed by atoms with E-state index < -0.39 is 0 Å². The molecule has 0 bridgehead atoms. The zero-order valence-electron chi connectivity index (χ0n) is 15.7. The van der Waals surface area contributed by atoms with Crippen LogP contribution in [0.4, 0.5) is 0 Å². The summed E-state index contributed by atoms with van der Waals surface area (Å²) in [7, 11) is 1.84. The Bertz CT molecular complexity index is 877. The summed E-state index contributed by atoms with van der Waals surface area (Å²) in [6.45, 7) is 4.65. The van der Waals surface area contributed by atoms with Crippen LogP contribution in [-0.4, -0.2) is 39.5 Å². The van der Waals surface area contributed by atoms with E-state index in [1.54, 1.807) is 12.4 Å². The number of benzene rings is 1. The predicted molar refractivity (Wildman–Crippen MR) is 102 cm³/mol. The van der Waals surface area contributed by atoms with Gasteiger partial charge in [0.25, 0.3) is 0 Å². The number of carbonyl (C=O) groups is 1. The molecule has 27 heavy (non-hydrogen) atoms. The van der Waals surface area contributed by atoms with Crippen LogP contribution >= 0.6 is 0 Å². The Morgan fingerprint density at radius 1 is 1.19 bits per heavy atom. The van der Waals surface area contributed by atoms with Gasteiger partial charge in [-0.05, 0) is 38.6 Å². The van der Waals surface area contributed by atoms with Gasteiger partial charge in [-0.2, -0.15) is 4.98 Å². The van der Waals surface area contributed by atoms with E-state index in [1.165, 1.54) is 5.56 Å². The van der Waals surface area contributed by atoms with Crippen LogP contribution in [0.3, 0.4) is 0 Å². The van der Waals surface area contributed by atoms with Crippen LogP contribution in [0.15, 0.2) is 53.3 Å². The van der Waals surface area contributed by atoms with Crippen molar-refractivity contribution in [2.75, 3.05) is 13.6 Å². The average Bonchev–Trinajstić information content (AvgIpc) is 3.11. The first-order valence-electron chi connectivity index (χ1n) is 8.78. The molecule has 1 aromatic carbocycles. The molecule has 3 aromatic rings. The first-order valence-corrected chi connectivity index (χ1v) is 8.78. The lowest BCUT2D eigenvalue weighted by atomic mass is 10.1. The van der Waals surface area contributed by atoms with Crippen LogP contribution in [0.1, 0.15) is 30.0 Å². The molecule has 0 unspecified atom stereocenters. The number of hydrogen-bond donors (Lipinski definition) is 1. The third kappa shape index (κ3) is 5.21. The zero-order valence-corrected chi connectivity index (χ0v) is 15.7. The van der Waals surface area contributed by atoms with E-state index >= 15 is 0 Å². The molecule has 0 saturated carbocycles. The molecular formula is C20H23N5O2. The van der Waals surface area contributed by atoms with Crippen LogP contribution in [0.5, 0.6) is 0 Å². The van der Waals surface area contributed by atoms with Gasteiger partial charge >= 0.3 is 0 Å². The third-order valence-electron chi connectivity index (χ3n) is 4.18. The van der Waals surface area contributed by atoms with Crippen molar-refractivity contribution in [3.63, 3.8) is 0 Å². The van der Waals surface area contributed by atoms with Gasteiger partial charge < -0.3 is 9.84 Å². The second-order valence-electron chi connectivity index (χ2n) is 6.62. The molecule has 0 aliphatic rings. The largest absolute Gasteiger partial charge is 0.348 e. The molecule has 1 atom stereocenters. The van der Waals surface area contributed by atoms with E-state index in [2.05, 4.69) is 20.4 Å². The molecular weight excluding hydrogens is 342 g/mol. The highest BCUT2D eigenvalue weighted by molar-refractivity contribution is 5.78. The molecule has 0 fully saturated rings. The highest BCUT2D eigenvalue weighted by atomic mass is 16.5. The number of hydrogen-bond acceptors (Lipinski definition) is 6. The van der Waals surface area contributed by atoms with Gasteiger partial charge in [-0.25, -0.2) is 0 Å². The van der Waals surface area contributed by atoms with Crippen LogP contribution < -0.4 is 5.32 Å². The minimum Gasteiger partial charge on any atom is -0.348 e. The number of likely N-dealkylation sites (N-methyl/N-ethyl adjacent to an activating group) is 1. The lowest BCUT2D eigenvalue weighted by Crippen LogP contribution is -2.36. The van der Waals surface area contributed by atoms with Crippen molar-refractivity contribution in [3.8, 4) is 11.4 Å². The van der Waals surface area contributed by atoms with Crippen molar-refractivity contribution >= 4 is 5.91 Å². The lowest BCUT2D eigenvalue weighted by Gasteiger charge is -2.18. The maximum Gasteiger partial charge on any atom is 0.241 e. The lowest BCUT2D eigenvalue weighted by molar-refractivity contribution is -0.122. The standard InChI is InChI=1S/C20H23N5O2/c1-14-4-6-16(7-5-14)15(2)22-18(26)12-25(3)13-19-23-20(24-27-19)17-8-10-21-11-9-17/h4-11,15H,12-13H2,1-3H3,(H,22,26)/t15-/m0/s1. The average molecular weight is 365 g/mol. The first kappa shape index (κ1) is 18.7. The van der Waals surface area contributed by atoms with E-state index in [0.717, 1.165) is 11.1 Å². The number of nitrogens with one attached hydrogen (secondary N) is 1. The highest BCUT2D eigenvalue weighted by Crippen LogP contribution is 2.15. The van der Waals surface area contributed by atoms with Gasteiger partial charge in [0.15, 0.2) is 0 Å². The van der Waals surface area contributed by atoms with Gasteiger partial charge in [0.05, 0.1) is 19.1 Å². The van der Waals surface area contributed by atoms with Gasteiger partial charge in [-0.3, -0.25) is 14.7 Å². The van der Waals surface area contributed by atoms with E-state index in [4.69, 9.17) is 4.52 Å². The molecule has 2 aromatic heterocycles. The molecule has 140 valence electrons. The quantitative estimate of drug-likeness (QED) is 0.693. The predicted octanol–water partition coefficient (Wildman–Crippen LogP) is 2.75. The highest BCUT2D eigenvalue weighted by Gasteiger charge is 2.15. The second-order valence-corrected chi connectivity index (χ2v) is 6.62. The number of aryl methyl sites for hydroxylation is 1. The fourth-order valence-corrected chi connectivity index (χ4v) is 2.69. The summed E-state index contributed by atoms with van der Waals surface area (Å²) in [5.41, 5.74) is 3.12. The van der Waals surface area contributed by atoms with E-state index in [1.807, 2.05) is 62.2 Å². The van der Waals surface area contributed by atoms with Gasteiger partial charge in [0, 0.05) is 18.0 Å². The normalized spacial score (nSPS) is 12.1. The van der Waals surface area contributed by atoms with Crippen molar-refractivity contribution in [2.24, 2.45) is 0 Å². The minimum atomic E-state index is -0.0561. The fourth-order valence-electron chi connectivity index (χ4n) is 2.69. The summed E-state index contributed by atoms with van der Waals surface area (Å²) in [6.07, 6.45) is 3.36. The van der Waals surface area contributed by atoms with Crippen LogP contribution in [0.25, 0.3) is 11.4 Å². The fraction of sp³-hybridized carbons (Fsp3) is 0.300. The summed E-state index contributed by atoms with van der Waals surface area (Å²) in [4.78, 5) is 22.5. The SMILES string of the molecule is Cc1ccc([C@H](C)NC(=O)CN(C)Cc2nc(-c3ccncc3)no2)cc1. The van der Waals surface area contributed by atoms with E-state index in [0.29, 0.717) is 18.3 Å². The second kappa shape index (κ2) is 8.55. The van der Waals surface area contributed by atoms with Crippen molar-refractivity contribution in [2.45, 2.75) is 26.4 Å². The Kier molecular flexibility index (Phi) is 5.93. The van der Waals surface area contributed by atoms with Gasteiger partial charge in [0.1, 0.15) is 0 Å². The number of nitrogens with zero attached hydrogens (tertiary/aromatic N) is 4. The summed E-state index contributed by atoms with van der Waals surface area (Å²) >= 11 is 0. The topological polar surface area (TPSA) is 84.2 Å². The summed E-state index contributed by atoms with van der Waals surface area (Å²) in [5.74, 6) is 0.918. The molecule has 7 heteroatoms. The number of aromatic nitrogens is 3. The Balaban J connectivity index is 1.51. The Hall–Kier alpha value is -3.06. The summed E-state index contributed by atoms with van der Waals surface area (Å²) in [5, 5.41) is 6.98. The molecule has 0 aliphatic heterocycles. The van der Waals surface area contributed by atoms with Crippen molar-refractivity contribution in [1.82, 2.24) is 25.3 Å². The molecule has 0 spiro atoms. The molecule has 1 amide bonds. The zero-order chi connectivity index (χ0) is 19.2. The molecule has 2 heterocycles. The smallest absolute Gasteiger partial charge is 0.241 e. The van der Waals surface area contributed by atoms with Crippen LogP contribution in [-0.2, 0) is 11.3 Å². The number of rotatable bonds is 7. The number of amides is 1. The molecule has 0 radical (unpaired) electrons. The number of carbonyl (C=O) groups excluding carboxylic acids is 1. The monoisotopic (exact) mass is 365 g/mol. The van der Waals surface area contributed by atoms with Crippen molar-refractivity contribution < 1.29 is 9.32 Å². The van der Waals surface area contributed by atoms with Gasteiger partial charge in [0.2, 0.25) is 17.6 Å². The Morgan fingerprint density at radius 3 is 2.59 bits per heavy atom. The van der Waals surface area contributed by atoms with Crippen molar-refractivity contribution in [1.29, 1.82) is 0 Å². The maximum absolute atomic E-state index is 12.3. The van der Waals surface area contributed by atoms with E-state index in [9.17, 15) is 4.79 Å². The van der Waals surface area contributed by atoms with Crippen molar-refractivity contribution in [3.05, 3.63) is 65.8 Å². The minimum absolute atomic E-state index is 0.0480. The molecule has 1 N–H and O–H groups in total.